The quantitative estimate of drug-likeness (QED) is 0.684. The number of carbonyl (C=O) groups is 2. The molecule has 1 aliphatic carbocycles. The van der Waals surface area contributed by atoms with Crippen molar-refractivity contribution >= 4 is 11.8 Å². The summed E-state index contributed by atoms with van der Waals surface area (Å²) < 4.78 is 5.59. The van der Waals surface area contributed by atoms with Crippen LogP contribution in [-0.4, -0.2) is 43.5 Å². The highest BCUT2D eigenvalue weighted by molar-refractivity contribution is 5.96. The highest BCUT2D eigenvalue weighted by Crippen LogP contribution is 2.24. The minimum atomic E-state index is -0.232. The van der Waals surface area contributed by atoms with Crippen LogP contribution in [0.2, 0.25) is 0 Å². The fourth-order valence-electron chi connectivity index (χ4n) is 3.29. The maximum absolute atomic E-state index is 12.2. The highest BCUT2D eigenvalue weighted by Gasteiger charge is 2.18. The first-order valence-electron chi connectivity index (χ1n) is 9.85. The van der Waals surface area contributed by atoms with E-state index in [4.69, 9.17) is 4.74 Å². The molecule has 144 valence electrons. The molecule has 1 N–H and O–H groups in total. The van der Waals surface area contributed by atoms with E-state index in [1.54, 1.807) is 29.2 Å². The molecule has 0 heterocycles. The van der Waals surface area contributed by atoms with E-state index in [1.807, 2.05) is 7.05 Å². The zero-order valence-electron chi connectivity index (χ0n) is 16.1. The average molecular weight is 360 g/mol. The van der Waals surface area contributed by atoms with E-state index in [-0.39, 0.29) is 18.4 Å². The number of ether oxygens (including phenoxy) is 1. The lowest BCUT2D eigenvalue weighted by atomic mass is 9.89. The second kappa shape index (κ2) is 10.8. The number of carbonyl (C=O) groups excluding carboxylic acids is 2. The SMILES string of the molecule is CCCCOc1ccc(C(=O)NCC(=O)N(C)CC2CCCCC2)cc1. The number of unbranched alkanes of at least 4 members (excludes halogenated alkanes) is 1. The molecular weight excluding hydrogens is 328 g/mol. The lowest BCUT2D eigenvalue weighted by Crippen LogP contribution is -2.40. The Kier molecular flexibility index (Phi) is 8.45. The Morgan fingerprint density at radius 1 is 1.15 bits per heavy atom. The van der Waals surface area contributed by atoms with Crippen molar-refractivity contribution < 1.29 is 14.3 Å². The van der Waals surface area contributed by atoms with Gasteiger partial charge in [0, 0.05) is 19.2 Å². The first-order chi connectivity index (χ1) is 12.6. The van der Waals surface area contributed by atoms with E-state index in [0.29, 0.717) is 18.1 Å². The molecule has 1 aromatic rings. The Morgan fingerprint density at radius 3 is 2.50 bits per heavy atom. The zero-order chi connectivity index (χ0) is 18.8. The fourth-order valence-corrected chi connectivity index (χ4v) is 3.29. The van der Waals surface area contributed by atoms with Gasteiger partial charge in [0.25, 0.3) is 5.91 Å². The first-order valence-corrected chi connectivity index (χ1v) is 9.85. The van der Waals surface area contributed by atoms with E-state index < -0.39 is 0 Å². The number of hydrogen-bond donors (Lipinski definition) is 1. The smallest absolute Gasteiger partial charge is 0.251 e. The molecule has 0 bridgehead atoms. The average Bonchev–Trinajstić information content (AvgIpc) is 2.67. The second-order valence-electron chi connectivity index (χ2n) is 7.19. The lowest BCUT2D eigenvalue weighted by Gasteiger charge is -2.27. The summed E-state index contributed by atoms with van der Waals surface area (Å²) in [6.07, 6.45) is 8.35. The van der Waals surface area contributed by atoms with Gasteiger partial charge in [-0.25, -0.2) is 0 Å². The van der Waals surface area contributed by atoms with Gasteiger partial charge in [0.15, 0.2) is 0 Å². The number of amides is 2. The van der Waals surface area contributed by atoms with Crippen molar-refractivity contribution in [3.8, 4) is 5.75 Å². The number of benzene rings is 1. The minimum Gasteiger partial charge on any atom is -0.494 e. The molecule has 0 aliphatic heterocycles. The summed E-state index contributed by atoms with van der Waals surface area (Å²) >= 11 is 0. The van der Waals surface area contributed by atoms with E-state index >= 15 is 0 Å². The molecule has 0 aromatic heterocycles. The molecule has 0 radical (unpaired) electrons. The third kappa shape index (κ3) is 6.70. The summed E-state index contributed by atoms with van der Waals surface area (Å²) in [4.78, 5) is 26.2. The van der Waals surface area contributed by atoms with Crippen LogP contribution in [0.1, 0.15) is 62.2 Å². The molecule has 1 fully saturated rings. The van der Waals surface area contributed by atoms with Crippen LogP contribution in [0.25, 0.3) is 0 Å². The van der Waals surface area contributed by atoms with Crippen LogP contribution in [0.15, 0.2) is 24.3 Å². The molecule has 2 rings (SSSR count). The number of nitrogens with one attached hydrogen (secondary N) is 1. The maximum Gasteiger partial charge on any atom is 0.251 e. The lowest BCUT2D eigenvalue weighted by molar-refractivity contribution is -0.129. The third-order valence-corrected chi connectivity index (χ3v) is 4.97. The van der Waals surface area contributed by atoms with Gasteiger partial charge in [-0.2, -0.15) is 0 Å². The van der Waals surface area contributed by atoms with Crippen LogP contribution in [-0.2, 0) is 4.79 Å². The van der Waals surface area contributed by atoms with Crippen LogP contribution < -0.4 is 10.1 Å². The van der Waals surface area contributed by atoms with Crippen molar-refractivity contribution in [1.82, 2.24) is 10.2 Å². The van der Waals surface area contributed by atoms with Crippen LogP contribution >= 0.6 is 0 Å². The van der Waals surface area contributed by atoms with Crippen LogP contribution in [0.4, 0.5) is 0 Å². The molecule has 0 unspecified atom stereocenters. The molecule has 0 spiro atoms. The van der Waals surface area contributed by atoms with Gasteiger partial charge >= 0.3 is 0 Å². The van der Waals surface area contributed by atoms with Crippen molar-refractivity contribution in [2.24, 2.45) is 5.92 Å². The van der Waals surface area contributed by atoms with E-state index in [2.05, 4.69) is 12.2 Å². The van der Waals surface area contributed by atoms with Crippen LogP contribution in [0.3, 0.4) is 0 Å². The number of rotatable bonds is 9. The largest absolute Gasteiger partial charge is 0.494 e. The Morgan fingerprint density at radius 2 is 1.85 bits per heavy atom. The number of hydrogen-bond acceptors (Lipinski definition) is 3. The highest BCUT2D eigenvalue weighted by atomic mass is 16.5. The van der Waals surface area contributed by atoms with Crippen molar-refractivity contribution in [3.05, 3.63) is 29.8 Å². The molecule has 1 saturated carbocycles. The van der Waals surface area contributed by atoms with Gasteiger partial charge < -0.3 is 15.0 Å². The van der Waals surface area contributed by atoms with Gasteiger partial charge in [-0.1, -0.05) is 32.6 Å². The standard InChI is InChI=1S/C21H32N2O3/c1-3-4-14-26-19-12-10-18(11-13-19)21(25)22-15-20(24)23(2)16-17-8-6-5-7-9-17/h10-13,17H,3-9,14-16H2,1-2H3,(H,22,25). The Hall–Kier alpha value is -2.04. The molecule has 1 aliphatic rings. The molecule has 1 aromatic carbocycles. The van der Waals surface area contributed by atoms with Crippen molar-refractivity contribution in [1.29, 1.82) is 0 Å². The van der Waals surface area contributed by atoms with Crippen molar-refractivity contribution in [2.45, 2.75) is 51.9 Å². The van der Waals surface area contributed by atoms with Crippen molar-refractivity contribution in [2.75, 3.05) is 26.7 Å². The molecule has 0 atom stereocenters. The third-order valence-electron chi connectivity index (χ3n) is 4.97. The molecular formula is C21H32N2O3. The van der Waals surface area contributed by atoms with Gasteiger partial charge in [-0.15, -0.1) is 0 Å². The molecule has 5 nitrogen and oxygen atoms in total. The Balaban J connectivity index is 1.73. The summed E-state index contributed by atoms with van der Waals surface area (Å²) in [5.41, 5.74) is 0.538. The van der Waals surface area contributed by atoms with Crippen molar-refractivity contribution in [3.63, 3.8) is 0 Å². The van der Waals surface area contributed by atoms with E-state index in [0.717, 1.165) is 25.1 Å². The van der Waals surface area contributed by atoms with Gasteiger partial charge in [-0.3, -0.25) is 9.59 Å². The van der Waals surface area contributed by atoms with Gasteiger partial charge in [-0.05, 0) is 49.4 Å². The number of nitrogens with zero attached hydrogens (tertiary/aromatic N) is 1. The Bertz CT molecular complexity index is 565. The van der Waals surface area contributed by atoms with E-state index in [9.17, 15) is 9.59 Å². The summed E-state index contributed by atoms with van der Waals surface area (Å²) in [5.74, 6) is 1.10. The molecule has 26 heavy (non-hydrogen) atoms. The molecule has 2 amide bonds. The van der Waals surface area contributed by atoms with Crippen LogP contribution in [0.5, 0.6) is 5.75 Å². The minimum absolute atomic E-state index is 0.0385. The summed E-state index contributed by atoms with van der Waals surface area (Å²) in [6, 6.07) is 7.04. The maximum atomic E-state index is 12.2. The summed E-state index contributed by atoms with van der Waals surface area (Å²) in [6.45, 7) is 3.63. The van der Waals surface area contributed by atoms with Gasteiger partial charge in [0.05, 0.1) is 13.2 Å². The number of likely N-dealkylation sites (N-methyl/N-ethyl adjacent to an activating group) is 1. The normalized spacial score (nSPS) is 14.7. The zero-order valence-corrected chi connectivity index (χ0v) is 16.1. The summed E-state index contributed by atoms with van der Waals surface area (Å²) in [5, 5.41) is 2.72. The fraction of sp³-hybridized carbons (Fsp3) is 0.619. The topological polar surface area (TPSA) is 58.6 Å². The first kappa shape index (κ1) is 20.3. The summed E-state index contributed by atoms with van der Waals surface area (Å²) in [7, 11) is 1.82. The monoisotopic (exact) mass is 360 g/mol. The predicted molar refractivity (Wildman–Crippen MR) is 103 cm³/mol. The van der Waals surface area contributed by atoms with Gasteiger partial charge in [0.2, 0.25) is 5.91 Å². The molecule has 0 saturated heterocycles. The molecule has 5 heteroatoms. The van der Waals surface area contributed by atoms with Gasteiger partial charge in [0.1, 0.15) is 5.75 Å². The Labute approximate surface area is 157 Å². The van der Waals surface area contributed by atoms with Crippen LogP contribution in [0, 0.1) is 5.92 Å². The van der Waals surface area contributed by atoms with E-state index in [1.165, 1.54) is 32.1 Å². The second-order valence-corrected chi connectivity index (χ2v) is 7.19. The predicted octanol–water partition coefficient (Wildman–Crippen LogP) is 3.63.